The van der Waals surface area contributed by atoms with Crippen LogP contribution in [0.25, 0.3) is 22.2 Å². The number of amides is 1. The van der Waals surface area contributed by atoms with Gasteiger partial charge in [-0.25, -0.2) is 9.37 Å². The number of fused-ring (bicyclic) bond motifs is 1. The summed E-state index contributed by atoms with van der Waals surface area (Å²) in [5.41, 5.74) is 4.86. The van der Waals surface area contributed by atoms with Gasteiger partial charge in [-0.1, -0.05) is 70.9 Å². The first-order valence-electron chi connectivity index (χ1n) is 15.5. The number of unbranched alkanes of at least 4 members (excludes halogenated alkanes) is 4. The van der Waals surface area contributed by atoms with Crippen LogP contribution in [0, 0.1) is 12.7 Å². The molecule has 5 nitrogen and oxygen atoms in total. The van der Waals surface area contributed by atoms with E-state index < -0.39 is 11.7 Å². The van der Waals surface area contributed by atoms with Crippen LogP contribution < -0.4 is 9.62 Å². The smallest absolute Gasteiger partial charge is 0.258 e. The van der Waals surface area contributed by atoms with Crippen molar-refractivity contribution in [3.05, 3.63) is 96.6 Å². The summed E-state index contributed by atoms with van der Waals surface area (Å²) in [5.74, 6) is 3.97. The van der Waals surface area contributed by atoms with Crippen molar-refractivity contribution in [3.8, 4) is 11.3 Å². The molecule has 2 aromatic heterocycles. The molecule has 0 saturated heterocycles. The maximum atomic E-state index is 14.9. The Labute approximate surface area is 266 Å². The quantitative estimate of drug-likeness (QED) is 0.103. The number of rotatable bonds is 11. The summed E-state index contributed by atoms with van der Waals surface area (Å²) in [7, 11) is -0.248. The van der Waals surface area contributed by atoms with E-state index >= 15 is 0 Å². The zero-order valence-corrected chi connectivity index (χ0v) is 28.1. The van der Waals surface area contributed by atoms with Crippen LogP contribution in [0.1, 0.15) is 82.6 Å². The Balaban J connectivity index is 0.000000587. The van der Waals surface area contributed by atoms with Crippen LogP contribution >= 0.6 is 10.7 Å². The monoisotopic (exact) mass is 616 g/mol. The number of nitrogens with one attached hydrogen (secondary N) is 1. The second-order valence-electron chi connectivity index (χ2n) is 10.3. The first kappa shape index (κ1) is 36.4. The van der Waals surface area contributed by atoms with Gasteiger partial charge in [-0.05, 0) is 74.9 Å². The molecular formula is C37H49FN4OS. The largest absolute Gasteiger partial charge is 0.323 e. The average molecular weight is 617 g/mol. The summed E-state index contributed by atoms with van der Waals surface area (Å²) in [6.45, 7) is 16.5. The average Bonchev–Trinajstić information content (AvgIpc) is 3.03. The van der Waals surface area contributed by atoms with E-state index in [4.69, 9.17) is 4.98 Å². The van der Waals surface area contributed by atoms with Gasteiger partial charge in [-0.2, -0.15) is 0 Å². The molecule has 1 unspecified atom stereocenters. The molecule has 0 bridgehead atoms. The van der Waals surface area contributed by atoms with Crippen molar-refractivity contribution in [1.82, 2.24) is 9.97 Å². The van der Waals surface area contributed by atoms with Gasteiger partial charge in [0.25, 0.3) is 5.91 Å². The summed E-state index contributed by atoms with van der Waals surface area (Å²) >= 11 is 0. The fraction of sp³-hybridized carbons (Fsp3) is 0.351. The number of hydrogen-bond donors (Lipinski definition) is 1. The predicted molar refractivity (Wildman–Crippen MR) is 193 cm³/mol. The number of halogens is 1. The van der Waals surface area contributed by atoms with Crippen LogP contribution in [0.2, 0.25) is 0 Å². The highest BCUT2D eigenvalue weighted by Crippen LogP contribution is 2.29. The molecule has 0 aliphatic rings. The molecule has 0 fully saturated rings. The fourth-order valence-electron chi connectivity index (χ4n) is 4.48. The lowest BCUT2D eigenvalue weighted by Crippen LogP contribution is -2.18. The maximum absolute atomic E-state index is 14.9. The lowest BCUT2D eigenvalue weighted by molar-refractivity contribution is 0.102. The number of aromatic nitrogens is 2. The van der Waals surface area contributed by atoms with Gasteiger partial charge in [-0.3, -0.25) is 9.78 Å². The third-order valence-corrected chi connectivity index (χ3v) is 8.64. The Morgan fingerprint density at radius 1 is 1.00 bits per heavy atom. The van der Waals surface area contributed by atoms with Gasteiger partial charge >= 0.3 is 0 Å². The fourth-order valence-corrected chi connectivity index (χ4v) is 5.57. The molecule has 2 aromatic carbocycles. The number of carbonyl (C=O) groups excluding carboxylic acids is 1. The first-order chi connectivity index (χ1) is 21.2. The zero-order valence-electron chi connectivity index (χ0n) is 27.3. The molecule has 7 heteroatoms. The van der Waals surface area contributed by atoms with Crippen molar-refractivity contribution < 1.29 is 9.18 Å². The van der Waals surface area contributed by atoms with Gasteiger partial charge in [0.05, 0.1) is 16.8 Å². The molecule has 236 valence electrons. The Morgan fingerprint density at radius 3 is 2.32 bits per heavy atom. The summed E-state index contributed by atoms with van der Waals surface area (Å²) < 4.78 is 16.9. The number of aryl methyl sites for hydroxylation is 1. The molecule has 1 N–H and O–H groups in total. The van der Waals surface area contributed by atoms with Gasteiger partial charge in [0.15, 0.2) is 0 Å². The van der Waals surface area contributed by atoms with Crippen LogP contribution in [0.15, 0.2) is 79.6 Å². The highest BCUT2D eigenvalue weighted by Gasteiger charge is 2.16. The Bertz CT molecular complexity index is 1520. The second kappa shape index (κ2) is 19.4. The minimum Gasteiger partial charge on any atom is -0.323 e. The van der Waals surface area contributed by atoms with E-state index in [1.165, 1.54) is 44.2 Å². The minimum atomic E-state index is -0.557. The number of nitrogens with zero attached hydrogens (tertiary/aromatic N) is 3. The number of allylic oxidation sites excluding steroid dienone is 1. The molecule has 4 aromatic rings. The van der Waals surface area contributed by atoms with Gasteiger partial charge in [0, 0.05) is 47.0 Å². The van der Waals surface area contributed by atoms with E-state index in [9.17, 15) is 9.18 Å². The third-order valence-electron chi connectivity index (χ3n) is 6.89. The standard InChI is InChI=1S/C27H27FN4OS.C7H16.C3H6/c1-5-32(34(4)6-2)21-10-11-22(24(28)16-21)27(33)30-20-9-7-18(3)23(15-20)26-12-8-19-17-29-14-13-25(19)31-26;1-3-5-7-6-4-2;1-3-2/h7-17H,4-6H2,1-3H3,(H,30,33);3-7H2,1-2H3;3H,1H2,2H3. The zero-order chi connectivity index (χ0) is 32.5. The molecule has 4 rings (SSSR count). The van der Waals surface area contributed by atoms with Gasteiger partial charge in [0.1, 0.15) is 5.82 Å². The SMILES string of the molecule is C=CC.C=S(CC)N(CC)c1ccc(C(=O)Nc2ccc(C)c(-c3ccc4cnccc4n3)c2)c(F)c1.CCCCCCC. The van der Waals surface area contributed by atoms with Gasteiger partial charge < -0.3 is 9.62 Å². The summed E-state index contributed by atoms with van der Waals surface area (Å²) in [4.78, 5) is 21.7. The van der Waals surface area contributed by atoms with Crippen LogP contribution in [0.4, 0.5) is 15.8 Å². The van der Waals surface area contributed by atoms with Crippen LogP contribution in [0.3, 0.4) is 0 Å². The lowest BCUT2D eigenvalue weighted by Gasteiger charge is -2.25. The third kappa shape index (κ3) is 10.7. The van der Waals surface area contributed by atoms with Crippen LogP contribution in [0.5, 0.6) is 0 Å². The lowest BCUT2D eigenvalue weighted by atomic mass is 10.0. The van der Waals surface area contributed by atoms with E-state index in [1.807, 2.05) is 61.5 Å². The highest BCUT2D eigenvalue weighted by atomic mass is 32.2. The van der Waals surface area contributed by atoms with Crippen molar-refractivity contribution in [1.29, 1.82) is 0 Å². The van der Waals surface area contributed by atoms with E-state index in [1.54, 1.807) is 24.5 Å². The van der Waals surface area contributed by atoms with E-state index in [0.717, 1.165) is 45.7 Å². The predicted octanol–water partition coefficient (Wildman–Crippen LogP) is 10.6. The topological polar surface area (TPSA) is 58.1 Å². The Kier molecular flexibility index (Phi) is 16.1. The van der Waals surface area contributed by atoms with Gasteiger partial charge in [-0.15, -0.1) is 17.2 Å². The molecule has 1 amide bonds. The molecule has 44 heavy (non-hydrogen) atoms. The van der Waals surface area contributed by atoms with Crippen molar-refractivity contribution in [2.45, 2.75) is 73.6 Å². The normalized spacial score (nSPS) is 11.0. The molecular weight excluding hydrogens is 567 g/mol. The Hall–Kier alpha value is -3.84. The number of hydrogen-bond acceptors (Lipinski definition) is 4. The molecule has 0 radical (unpaired) electrons. The molecule has 1 atom stereocenters. The number of benzene rings is 2. The molecule has 0 aliphatic carbocycles. The summed E-state index contributed by atoms with van der Waals surface area (Å²) in [5, 5.41) is 3.79. The number of anilines is 2. The van der Waals surface area contributed by atoms with Crippen molar-refractivity contribution in [2.24, 2.45) is 0 Å². The van der Waals surface area contributed by atoms with Gasteiger partial charge in [0.2, 0.25) is 0 Å². The molecule has 0 spiro atoms. The van der Waals surface area contributed by atoms with Crippen LogP contribution in [-0.2, 0) is 0 Å². The minimum absolute atomic E-state index is 0.00120. The van der Waals surface area contributed by atoms with Crippen LogP contribution in [-0.4, -0.2) is 34.0 Å². The van der Waals surface area contributed by atoms with Crippen molar-refractivity contribution >= 4 is 44.7 Å². The molecule has 0 saturated carbocycles. The van der Waals surface area contributed by atoms with E-state index in [-0.39, 0.29) is 16.2 Å². The molecule has 2 heterocycles. The molecule has 0 aliphatic heterocycles. The summed E-state index contributed by atoms with van der Waals surface area (Å²) in [6, 6.07) is 16.1. The van der Waals surface area contributed by atoms with E-state index in [0.29, 0.717) is 5.69 Å². The first-order valence-corrected chi connectivity index (χ1v) is 17.0. The second-order valence-corrected chi connectivity index (χ2v) is 12.3. The Morgan fingerprint density at radius 2 is 1.70 bits per heavy atom. The van der Waals surface area contributed by atoms with E-state index in [2.05, 4.69) is 43.5 Å². The highest BCUT2D eigenvalue weighted by molar-refractivity contribution is 8.15. The maximum Gasteiger partial charge on any atom is 0.258 e. The number of pyridine rings is 2. The van der Waals surface area contributed by atoms with Crippen molar-refractivity contribution in [2.75, 3.05) is 21.9 Å². The van der Waals surface area contributed by atoms with Crippen molar-refractivity contribution in [3.63, 3.8) is 0 Å². The number of carbonyl (C=O) groups is 1. The summed E-state index contributed by atoms with van der Waals surface area (Å²) in [6.07, 6.45) is 12.2.